The molecule has 0 aromatic carbocycles. The molecule has 10 nitrogen and oxygen atoms in total. The number of hydrogen-bond acceptors (Lipinski definition) is 6. The number of nitrogens with one attached hydrogen (secondary N) is 2. The fraction of sp³-hybridized carbons (Fsp3) is 0.621. The van der Waals surface area contributed by atoms with Crippen LogP contribution in [0.4, 0.5) is 22.0 Å². The van der Waals surface area contributed by atoms with Gasteiger partial charge in [-0.25, -0.2) is 18.3 Å². The van der Waals surface area contributed by atoms with Crippen molar-refractivity contribution in [1.29, 1.82) is 0 Å². The lowest BCUT2D eigenvalue weighted by Gasteiger charge is -2.33. The summed E-state index contributed by atoms with van der Waals surface area (Å²) < 4.78 is 74.2. The van der Waals surface area contributed by atoms with E-state index in [1.54, 1.807) is 29.2 Å². The molecular weight excluding hydrogens is 589 g/mol. The Morgan fingerprint density at radius 1 is 1.05 bits per heavy atom. The molecule has 240 valence electrons. The van der Waals surface area contributed by atoms with Crippen molar-refractivity contribution in [3.63, 3.8) is 0 Å². The number of rotatable bonds is 11. The zero-order valence-electron chi connectivity index (χ0n) is 24.7. The number of amides is 2. The van der Waals surface area contributed by atoms with Crippen molar-refractivity contribution in [3.05, 3.63) is 47.7 Å². The van der Waals surface area contributed by atoms with Crippen molar-refractivity contribution >= 4 is 17.5 Å². The topological polar surface area (TPSA) is 115 Å². The second-order valence-corrected chi connectivity index (χ2v) is 12.0. The second kappa shape index (κ2) is 12.4. The van der Waals surface area contributed by atoms with Gasteiger partial charge in [0.2, 0.25) is 11.8 Å². The lowest BCUT2D eigenvalue weighted by atomic mass is 9.81. The molecule has 3 heterocycles. The number of fused-ring (bicyclic) bond motifs is 1. The van der Waals surface area contributed by atoms with Crippen molar-refractivity contribution < 1.29 is 36.3 Å². The first-order valence-electron chi connectivity index (χ1n) is 14.8. The summed E-state index contributed by atoms with van der Waals surface area (Å²) in [6.45, 7) is 3.88. The maximum absolute atomic E-state index is 14.0. The van der Waals surface area contributed by atoms with E-state index in [0.29, 0.717) is 22.6 Å². The summed E-state index contributed by atoms with van der Waals surface area (Å²) in [7, 11) is 0. The molecule has 3 aromatic heterocycles. The van der Waals surface area contributed by atoms with E-state index in [-0.39, 0.29) is 43.6 Å². The monoisotopic (exact) mass is 625 g/mol. The lowest BCUT2D eigenvalue weighted by Crippen LogP contribution is -2.38. The Morgan fingerprint density at radius 2 is 1.73 bits per heavy atom. The standard InChI is InChI=1S/C29H36F5N7O3/c1-16(2)41-22(8-11-35-41)27(43)39-26(19-6-9-28(30,31)10-7-19)21-14-40-23(37-21)12-20(13-36-40)25(18-4-5-18)38-24(42)15-44-17(3)29(32,33)34/h8,11-14,16-19,25-26H,4-7,9-10,15H2,1-3H3,(H,38,42)(H,39,43)/t17-,25?,26+/m1/s1. The highest BCUT2D eigenvalue weighted by Crippen LogP contribution is 2.43. The van der Waals surface area contributed by atoms with Gasteiger partial charge in [0, 0.05) is 25.1 Å². The Labute approximate surface area is 250 Å². The minimum Gasteiger partial charge on any atom is -0.359 e. The van der Waals surface area contributed by atoms with Gasteiger partial charge in [-0.15, -0.1) is 0 Å². The van der Waals surface area contributed by atoms with Gasteiger partial charge in [-0.2, -0.15) is 23.4 Å². The summed E-state index contributed by atoms with van der Waals surface area (Å²) in [6.07, 6.45) is -0.484. The summed E-state index contributed by atoms with van der Waals surface area (Å²) in [5.74, 6) is -4.05. The first-order valence-corrected chi connectivity index (χ1v) is 14.8. The zero-order chi connectivity index (χ0) is 31.8. The molecule has 5 rings (SSSR count). The van der Waals surface area contributed by atoms with Crippen LogP contribution in [0.1, 0.15) is 99.2 Å². The Kier molecular flexibility index (Phi) is 8.96. The molecular formula is C29H36F5N7O3. The van der Waals surface area contributed by atoms with Crippen LogP contribution in [0, 0.1) is 11.8 Å². The fourth-order valence-corrected chi connectivity index (χ4v) is 5.59. The van der Waals surface area contributed by atoms with Crippen LogP contribution < -0.4 is 10.6 Å². The first-order chi connectivity index (χ1) is 20.7. The lowest BCUT2D eigenvalue weighted by molar-refractivity contribution is -0.213. The molecule has 2 saturated carbocycles. The van der Waals surface area contributed by atoms with E-state index in [4.69, 9.17) is 9.72 Å². The highest BCUT2D eigenvalue weighted by molar-refractivity contribution is 5.92. The predicted molar refractivity (Wildman–Crippen MR) is 148 cm³/mol. The van der Waals surface area contributed by atoms with Crippen molar-refractivity contribution in [1.82, 2.24) is 35.0 Å². The number of carbonyl (C=O) groups excluding carboxylic acids is 2. The number of imidazole rings is 1. The largest absolute Gasteiger partial charge is 0.414 e. The molecule has 0 saturated heterocycles. The number of ether oxygens (including phenoxy) is 1. The molecule has 2 fully saturated rings. The van der Waals surface area contributed by atoms with Crippen molar-refractivity contribution in [2.24, 2.45) is 11.8 Å². The molecule has 15 heteroatoms. The highest BCUT2D eigenvalue weighted by Gasteiger charge is 2.40. The number of alkyl halides is 5. The number of hydrogen-bond donors (Lipinski definition) is 2. The van der Waals surface area contributed by atoms with E-state index in [1.165, 1.54) is 10.7 Å². The molecule has 0 aliphatic heterocycles. The third-order valence-corrected chi connectivity index (χ3v) is 8.28. The Morgan fingerprint density at radius 3 is 2.36 bits per heavy atom. The first kappa shape index (κ1) is 31.8. The molecule has 2 aliphatic rings. The second-order valence-electron chi connectivity index (χ2n) is 12.0. The van der Waals surface area contributed by atoms with E-state index in [9.17, 15) is 31.5 Å². The molecule has 0 spiro atoms. The maximum atomic E-state index is 14.0. The van der Waals surface area contributed by atoms with Gasteiger partial charge in [0.25, 0.3) is 5.91 Å². The van der Waals surface area contributed by atoms with Gasteiger partial charge in [0.15, 0.2) is 11.8 Å². The Bertz CT molecular complexity index is 1470. The third-order valence-electron chi connectivity index (χ3n) is 8.28. The highest BCUT2D eigenvalue weighted by atomic mass is 19.4. The number of aromatic nitrogens is 5. The summed E-state index contributed by atoms with van der Waals surface area (Å²) in [5, 5.41) is 14.4. The minimum absolute atomic E-state index is 0.0742. The third kappa shape index (κ3) is 7.36. The van der Waals surface area contributed by atoms with Crippen LogP contribution in [0.5, 0.6) is 0 Å². The van der Waals surface area contributed by atoms with Crippen LogP contribution >= 0.6 is 0 Å². The van der Waals surface area contributed by atoms with E-state index in [0.717, 1.165) is 19.8 Å². The summed E-state index contributed by atoms with van der Waals surface area (Å²) in [6, 6.07) is 2.07. The van der Waals surface area contributed by atoms with Crippen LogP contribution in [0.25, 0.3) is 5.65 Å². The van der Waals surface area contributed by atoms with Crippen LogP contribution in [-0.4, -0.2) is 61.0 Å². The van der Waals surface area contributed by atoms with E-state index in [1.807, 2.05) is 13.8 Å². The van der Waals surface area contributed by atoms with E-state index < -0.39 is 48.7 Å². The Balaban J connectivity index is 1.38. The molecule has 0 radical (unpaired) electrons. The number of nitrogens with zero attached hydrogens (tertiary/aromatic N) is 5. The quantitative estimate of drug-likeness (QED) is 0.278. The molecule has 0 bridgehead atoms. The fourth-order valence-electron chi connectivity index (χ4n) is 5.59. The average Bonchev–Trinajstić information content (AvgIpc) is 3.50. The molecule has 2 N–H and O–H groups in total. The number of carbonyl (C=O) groups is 2. The van der Waals surface area contributed by atoms with Crippen LogP contribution in [0.15, 0.2) is 30.7 Å². The van der Waals surface area contributed by atoms with Gasteiger partial charge in [-0.1, -0.05) is 0 Å². The van der Waals surface area contributed by atoms with E-state index in [2.05, 4.69) is 20.8 Å². The SMILES string of the molecule is CC(C)n1nccc1C(=O)N[C@H](c1cn2ncc(C(NC(=O)CO[C@H](C)C(F)(F)F)C3CC3)cc2n1)C1CCC(F)(F)CC1. The summed E-state index contributed by atoms with van der Waals surface area (Å²) in [4.78, 5) is 30.6. The molecule has 3 aromatic rings. The molecule has 44 heavy (non-hydrogen) atoms. The maximum Gasteiger partial charge on any atom is 0.414 e. The van der Waals surface area contributed by atoms with E-state index >= 15 is 0 Å². The molecule has 2 amide bonds. The normalized spacial score (nSPS) is 19.6. The van der Waals surface area contributed by atoms with Gasteiger partial charge in [-0.05, 0) is 76.0 Å². The van der Waals surface area contributed by atoms with Gasteiger partial charge in [0.05, 0.1) is 30.2 Å². The van der Waals surface area contributed by atoms with Crippen LogP contribution in [-0.2, 0) is 9.53 Å². The zero-order valence-corrected chi connectivity index (χ0v) is 24.7. The van der Waals surface area contributed by atoms with Gasteiger partial charge < -0.3 is 15.4 Å². The van der Waals surface area contributed by atoms with Crippen molar-refractivity contribution in [2.75, 3.05) is 6.61 Å². The van der Waals surface area contributed by atoms with Crippen LogP contribution in [0.2, 0.25) is 0 Å². The average molecular weight is 626 g/mol. The Hall–Kier alpha value is -3.62. The molecule has 1 unspecified atom stereocenters. The van der Waals surface area contributed by atoms with Gasteiger partial charge in [-0.3, -0.25) is 14.3 Å². The van der Waals surface area contributed by atoms with Gasteiger partial charge in [0.1, 0.15) is 12.3 Å². The predicted octanol–water partition coefficient (Wildman–Crippen LogP) is 5.34. The molecule has 3 atom stereocenters. The van der Waals surface area contributed by atoms with Crippen LogP contribution in [0.3, 0.4) is 0 Å². The summed E-state index contributed by atoms with van der Waals surface area (Å²) >= 11 is 0. The number of halogens is 5. The summed E-state index contributed by atoms with van der Waals surface area (Å²) in [5.41, 5.74) is 1.82. The van der Waals surface area contributed by atoms with Crippen molar-refractivity contribution in [3.8, 4) is 0 Å². The minimum atomic E-state index is -4.57. The smallest absolute Gasteiger partial charge is 0.359 e. The molecule has 2 aliphatic carbocycles. The van der Waals surface area contributed by atoms with Crippen molar-refractivity contribution in [2.45, 2.75) is 95.6 Å². The van der Waals surface area contributed by atoms with Gasteiger partial charge >= 0.3 is 6.18 Å².